The minimum Gasteiger partial charge on any atom is -0.0848 e. The predicted octanol–water partition coefficient (Wildman–Crippen LogP) is 8.08. The molecule has 0 aliphatic heterocycles. The molecule has 3 rings (SSSR count). The molecule has 0 fully saturated rings. The van der Waals surface area contributed by atoms with Crippen molar-refractivity contribution in [3.8, 4) is 0 Å². The van der Waals surface area contributed by atoms with Gasteiger partial charge in [-0.2, -0.15) is 0 Å². The van der Waals surface area contributed by atoms with Crippen molar-refractivity contribution in [2.45, 2.75) is 0 Å². The molecule has 0 saturated heterocycles. The van der Waals surface area contributed by atoms with Crippen molar-refractivity contribution in [2.24, 2.45) is 0 Å². The minimum absolute atomic E-state index is 0.298. The van der Waals surface area contributed by atoms with Crippen LogP contribution in [0, 0.1) is 0 Å². The molecule has 0 aromatic heterocycles. The molecular weight excluding hydrogens is 546 g/mol. The lowest BCUT2D eigenvalue weighted by Crippen LogP contribution is -2.54. The third-order valence-corrected chi connectivity index (χ3v) is 6.53. The van der Waals surface area contributed by atoms with Crippen LogP contribution in [0.4, 0.5) is 0 Å². The normalized spacial score (nSPS) is 11.0. The molecule has 0 bridgehead atoms. The zero-order valence-electron chi connectivity index (χ0n) is 13.4. The second kappa shape index (κ2) is 9.22. The van der Waals surface area contributed by atoms with Gasteiger partial charge in [-0.25, -0.2) is 0 Å². The van der Waals surface area contributed by atoms with E-state index in [-0.39, 0.29) is 0 Å². The van der Waals surface area contributed by atoms with Crippen LogP contribution in [0.5, 0.6) is 0 Å². The Balaban J connectivity index is 2.45. The maximum absolute atomic E-state index is 6.51. The van der Waals surface area contributed by atoms with Gasteiger partial charge in [0, 0.05) is 45.2 Å². The smallest absolute Gasteiger partial charge is 0.0848 e. The summed E-state index contributed by atoms with van der Waals surface area (Å²) in [6.45, 7) is -0.702. The monoisotopic (exact) mass is 548 g/mol. The zero-order chi connectivity index (χ0) is 20.7. The first kappa shape index (κ1) is 23.0. The molecule has 0 aliphatic carbocycles. The standard InChI is InChI=1S/C18H6BCl9/c20-7-1-10(23)16(11(24)2-7)19(17-12(25)3-8(21)4-13(17)26)18-14(27)5-9(22)6-15(18)28/h1-6H. The van der Waals surface area contributed by atoms with Crippen molar-refractivity contribution in [1.29, 1.82) is 0 Å². The summed E-state index contributed by atoms with van der Waals surface area (Å²) in [6, 6.07) is 9.37. The van der Waals surface area contributed by atoms with E-state index in [9.17, 15) is 0 Å². The second-order valence-corrected chi connectivity index (χ2v) is 9.53. The van der Waals surface area contributed by atoms with Crippen LogP contribution in [0.3, 0.4) is 0 Å². The number of halogens is 9. The summed E-state index contributed by atoms with van der Waals surface area (Å²) < 4.78 is 0. The van der Waals surface area contributed by atoms with Crippen LogP contribution < -0.4 is 16.4 Å². The van der Waals surface area contributed by atoms with Crippen LogP contribution in [0.2, 0.25) is 45.2 Å². The first-order chi connectivity index (χ1) is 13.1. The molecule has 0 unspecified atom stereocenters. The quantitative estimate of drug-likeness (QED) is 0.289. The van der Waals surface area contributed by atoms with Gasteiger partial charge in [0.05, 0.1) is 0 Å². The van der Waals surface area contributed by atoms with Gasteiger partial charge in [-0.3, -0.25) is 0 Å². The summed E-state index contributed by atoms with van der Waals surface area (Å²) in [7, 11) is 0. The fourth-order valence-electron chi connectivity index (χ4n) is 2.92. The van der Waals surface area contributed by atoms with Crippen molar-refractivity contribution >= 4 is 128 Å². The van der Waals surface area contributed by atoms with Gasteiger partial charge in [0.2, 0.25) is 0 Å². The van der Waals surface area contributed by atoms with Crippen molar-refractivity contribution in [3.05, 3.63) is 81.6 Å². The maximum Gasteiger partial charge on any atom is 0.252 e. The van der Waals surface area contributed by atoms with Gasteiger partial charge in [-0.05, 0) is 52.8 Å². The van der Waals surface area contributed by atoms with Gasteiger partial charge in [0.25, 0.3) is 6.71 Å². The fourth-order valence-corrected chi connectivity index (χ4v) is 6.03. The highest BCUT2D eigenvalue weighted by atomic mass is 35.5. The first-order valence-corrected chi connectivity index (χ1v) is 10.9. The van der Waals surface area contributed by atoms with Gasteiger partial charge in [-0.1, -0.05) is 104 Å². The maximum atomic E-state index is 6.51. The van der Waals surface area contributed by atoms with Crippen LogP contribution in [-0.4, -0.2) is 6.71 Å². The molecular formula is C18H6BCl9. The van der Waals surface area contributed by atoms with Crippen molar-refractivity contribution in [1.82, 2.24) is 0 Å². The molecule has 3 aromatic rings. The van der Waals surface area contributed by atoms with Gasteiger partial charge in [-0.15, -0.1) is 0 Å². The average Bonchev–Trinajstić information content (AvgIpc) is 2.51. The molecule has 10 heteroatoms. The van der Waals surface area contributed by atoms with Crippen LogP contribution >= 0.6 is 104 Å². The van der Waals surface area contributed by atoms with Crippen LogP contribution in [0.15, 0.2) is 36.4 Å². The van der Waals surface area contributed by atoms with E-state index in [1.165, 1.54) is 0 Å². The molecule has 0 nitrogen and oxygen atoms in total. The molecule has 0 heterocycles. The summed E-state index contributed by atoms with van der Waals surface area (Å²) in [5.41, 5.74) is 1.47. The molecule has 0 saturated carbocycles. The largest absolute Gasteiger partial charge is 0.252 e. The lowest BCUT2D eigenvalue weighted by Gasteiger charge is -2.23. The van der Waals surface area contributed by atoms with E-state index in [2.05, 4.69) is 0 Å². The number of benzene rings is 3. The molecule has 3 aromatic carbocycles. The summed E-state index contributed by atoms with van der Waals surface area (Å²) in [4.78, 5) is 0. The molecule has 0 amide bonds. The Morgan fingerprint density at radius 2 is 0.536 bits per heavy atom. The van der Waals surface area contributed by atoms with Crippen molar-refractivity contribution in [3.63, 3.8) is 0 Å². The SMILES string of the molecule is Clc1cc(Cl)c(B(c2c(Cl)cc(Cl)cc2Cl)c2c(Cl)cc(Cl)cc2Cl)c(Cl)c1. The number of rotatable bonds is 3. The average molecular weight is 552 g/mol. The van der Waals surface area contributed by atoms with E-state index in [1.54, 1.807) is 36.4 Å². The third kappa shape index (κ3) is 4.64. The molecule has 0 radical (unpaired) electrons. The fraction of sp³-hybridized carbons (Fsp3) is 0. The second-order valence-electron chi connectivity index (χ2n) is 5.78. The number of hydrogen-bond acceptors (Lipinski definition) is 0. The van der Waals surface area contributed by atoms with Gasteiger partial charge >= 0.3 is 0 Å². The Morgan fingerprint density at radius 3 is 0.714 bits per heavy atom. The predicted molar refractivity (Wildman–Crippen MR) is 129 cm³/mol. The summed E-state index contributed by atoms with van der Waals surface area (Å²) in [5, 5.41) is 2.91. The summed E-state index contributed by atoms with van der Waals surface area (Å²) in [6.07, 6.45) is 0. The molecule has 28 heavy (non-hydrogen) atoms. The van der Waals surface area contributed by atoms with Gasteiger partial charge in [0.15, 0.2) is 0 Å². The zero-order valence-corrected chi connectivity index (χ0v) is 20.2. The van der Waals surface area contributed by atoms with Crippen LogP contribution in [0.1, 0.15) is 0 Å². The van der Waals surface area contributed by atoms with Crippen LogP contribution in [0.25, 0.3) is 0 Å². The lowest BCUT2D eigenvalue weighted by molar-refractivity contribution is 1.70. The van der Waals surface area contributed by atoms with E-state index in [1.807, 2.05) is 0 Å². The van der Waals surface area contributed by atoms with E-state index >= 15 is 0 Å². The Labute approximate surface area is 207 Å². The Hall–Kier alpha value is 0.335. The lowest BCUT2D eigenvalue weighted by atomic mass is 9.36. The molecule has 0 atom stereocenters. The topological polar surface area (TPSA) is 0 Å². The number of hydrogen-bond donors (Lipinski definition) is 0. The van der Waals surface area contributed by atoms with Gasteiger partial charge < -0.3 is 0 Å². The summed E-state index contributed by atoms with van der Waals surface area (Å²) >= 11 is 57.3. The first-order valence-electron chi connectivity index (χ1n) is 7.53. The summed E-state index contributed by atoms with van der Waals surface area (Å²) in [5.74, 6) is 0. The minimum atomic E-state index is -0.702. The third-order valence-electron chi connectivity index (χ3n) is 4.00. The Morgan fingerprint density at radius 1 is 0.357 bits per heavy atom. The molecule has 0 spiro atoms. The van der Waals surface area contributed by atoms with Crippen molar-refractivity contribution < 1.29 is 0 Å². The van der Waals surface area contributed by atoms with E-state index < -0.39 is 6.71 Å². The van der Waals surface area contributed by atoms with E-state index in [0.29, 0.717) is 61.6 Å². The molecule has 144 valence electrons. The highest BCUT2D eigenvalue weighted by molar-refractivity contribution is 7.01. The van der Waals surface area contributed by atoms with Crippen molar-refractivity contribution in [2.75, 3.05) is 0 Å². The highest BCUT2D eigenvalue weighted by Gasteiger charge is 2.34. The van der Waals surface area contributed by atoms with Gasteiger partial charge in [0.1, 0.15) is 0 Å². The molecule has 0 aliphatic rings. The van der Waals surface area contributed by atoms with E-state index in [4.69, 9.17) is 104 Å². The Kier molecular flexibility index (Phi) is 7.58. The highest BCUT2D eigenvalue weighted by Crippen LogP contribution is 2.29. The Bertz CT molecular complexity index is 875. The van der Waals surface area contributed by atoms with Crippen LogP contribution in [-0.2, 0) is 0 Å². The molecule has 0 N–H and O–H groups in total. The van der Waals surface area contributed by atoms with E-state index in [0.717, 1.165) is 0 Å².